The minimum atomic E-state index is -1.22. The molecule has 3 aliphatic rings. The molecule has 1 N–H and O–H groups in total. The van der Waals surface area contributed by atoms with Crippen LogP contribution in [-0.4, -0.2) is 24.4 Å². The third-order valence-corrected chi connectivity index (χ3v) is 3.87. The first-order valence-electron chi connectivity index (χ1n) is 6.09. The summed E-state index contributed by atoms with van der Waals surface area (Å²) in [6.07, 6.45) is 6.55. The Labute approximate surface area is 99.1 Å². The van der Waals surface area contributed by atoms with Gasteiger partial charge in [0.1, 0.15) is 0 Å². The van der Waals surface area contributed by atoms with E-state index in [1.54, 1.807) is 0 Å². The van der Waals surface area contributed by atoms with Crippen LogP contribution in [0.1, 0.15) is 25.7 Å². The van der Waals surface area contributed by atoms with Gasteiger partial charge in [-0.25, -0.2) is 14.9 Å². The molecular formula is C12H15NO4. The zero-order valence-corrected chi connectivity index (χ0v) is 9.48. The van der Waals surface area contributed by atoms with E-state index in [0.29, 0.717) is 5.92 Å². The van der Waals surface area contributed by atoms with Gasteiger partial charge in [0.05, 0.1) is 5.92 Å². The van der Waals surface area contributed by atoms with Gasteiger partial charge in [-0.15, -0.1) is 0 Å². The summed E-state index contributed by atoms with van der Waals surface area (Å²) in [6.45, 7) is 0.741. The average Bonchev–Trinajstić information content (AvgIpc) is 2.58. The van der Waals surface area contributed by atoms with Crippen molar-refractivity contribution in [1.29, 1.82) is 0 Å². The molecule has 2 heterocycles. The lowest BCUT2D eigenvalue weighted by Crippen LogP contribution is -2.52. The third-order valence-electron chi connectivity index (χ3n) is 3.87. The zero-order chi connectivity index (χ0) is 11.9. The van der Waals surface area contributed by atoms with Crippen LogP contribution in [0.15, 0.2) is 12.2 Å². The molecule has 2 aliphatic heterocycles. The number of esters is 2. The molecule has 92 valence electrons. The van der Waals surface area contributed by atoms with Crippen LogP contribution in [0.3, 0.4) is 0 Å². The normalized spacial score (nSPS) is 35.1. The lowest BCUT2D eigenvalue weighted by molar-refractivity contribution is -0.247. The van der Waals surface area contributed by atoms with Crippen molar-refractivity contribution in [3.63, 3.8) is 0 Å². The molecule has 0 amide bonds. The van der Waals surface area contributed by atoms with Gasteiger partial charge in [0.25, 0.3) is 0 Å². The second-order valence-electron chi connectivity index (χ2n) is 4.87. The van der Waals surface area contributed by atoms with E-state index < -0.39 is 17.8 Å². The lowest BCUT2D eigenvalue weighted by Gasteiger charge is -2.35. The molecule has 1 saturated carbocycles. The minimum Gasteiger partial charge on any atom is -0.405 e. The van der Waals surface area contributed by atoms with Gasteiger partial charge in [-0.1, -0.05) is 12.8 Å². The van der Waals surface area contributed by atoms with Gasteiger partial charge >= 0.3 is 17.8 Å². The molecule has 1 aliphatic carbocycles. The van der Waals surface area contributed by atoms with Crippen LogP contribution in [0.25, 0.3) is 0 Å². The molecule has 2 unspecified atom stereocenters. The maximum atomic E-state index is 11.5. The van der Waals surface area contributed by atoms with Crippen molar-refractivity contribution in [2.45, 2.75) is 31.6 Å². The fourth-order valence-corrected chi connectivity index (χ4v) is 3.10. The summed E-state index contributed by atoms with van der Waals surface area (Å²) in [7, 11) is 0. The lowest BCUT2D eigenvalue weighted by atomic mass is 9.80. The van der Waals surface area contributed by atoms with Crippen molar-refractivity contribution in [2.75, 3.05) is 6.54 Å². The van der Waals surface area contributed by atoms with Gasteiger partial charge in [-0.3, -0.25) is 0 Å². The highest BCUT2D eigenvalue weighted by molar-refractivity contribution is 5.93. The van der Waals surface area contributed by atoms with Crippen molar-refractivity contribution < 1.29 is 19.1 Å². The molecule has 17 heavy (non-hydrogen) atoms. The van der Waals surface area contributed by atoms with Gasteiger partial charge in [0, 0.05) is 18.7 Å². The fourth-order valence-electron chi connectivity index (χ4n) is 3.10. The average molecular weight is 237 g/mol. The van der Waals surface area contributed by atoms with Gasteiger partial charge < -0.3 is 9.47 Å². The highest BCUT2D eigenvalue weighted by Gasteiger charge is 2.55. The molecule has 2 atom stereocenters. The van der Waals surface area contributed by atoms with Crippen LogP contribution in [0.2, 0.25) is 0 Å². The first kappa shape index (κ1) is 10.8. The molecule has 0 radical (unpaired) electrons. The predicted molar refractivity (Wildman–Crippen MR) is 57.5 cm³/mol. The second-order valence-corrected chi connectivity index (χ2v) is 4.87. The van der Waals surface area contributed by atoms with Crippen LogP contribution >= 0.6 is 0 Å². The fraction of sp³-hybridized carbons (Fsp3) is 0.667. The Bertz CT molecular complexity index is 370. The van der Waals surface area contributed by atoms with Crippen LogP contribution < -0.4 is 5.32 Å². The van der Waals surface area contributed by atoms with E-state index in [2.05, 4.69) is 5.32 Å². The maximum absolute atomic E-state index is 11.5. The highest BCUT2D eigenvalue weighted by Crippen LogP contribution is 2.43. The SMILES string of the molecule is O=C1C=CC(=O)OC2(NCC3CCCCC32)O1. The first-order chi connectivity index (χ1) is 8.20. The Kier molecular flexibility index (Phi) is 2.43. The first-order valence-corrected chi connectivity index (χ1v) is 6.09. The molecule has 0 bridgehead atoms. The molecule has 3 rings (SSSR count). The van der Waals surface area contributed by atoms with Gasteiger partial charge in [0.15, 0.2) is 0 Å². The van der Waals surface area contributed by atoms with Crippen LogP contribution in [0.4, 0.5) is 0 Å². The van der Waals surface area contributed by atoms with E-state index >= 15 is 0 Å². The summed E-state index contributed by atoms with van der Waals surface area (Å²) < 4.78 is 10.6. The minimum absolute atomic E-state index is 0.0871. The molecular weight excluding hydrogens is 222 g/mol. The number of ether oxygens (including phenoxy) is 2. The molecule has 1 saturated heterocycles. The number of hydrogen-bond donors (Lipinski definition) is 1. The Hall–Kier alpha value is -1.36. The highest BCUT2D eigenvalue weighted by atomic mass is 16.8. The molecule has 5 heteroatoms. The van der Waals surface area contributed by atoms with Crippen molar-refractivity contribution in [3.8, 4) is 0 Å². The Morgan fingerprint density at radius 3 is 2.47 bits per heavy atom. The summed E-state index contributed by atoms with van der Waals surface area (Å²) >= 11 is 0. The standard InChI is InChI=1S/C12H15NO4/c14-10-5-6-11(15)17-12(16-10)9-4-2-1-3-8(9)7-13-12/h5-6,8-9,13H,1-4,7H2. The largest absolute Gasteiger partial charge is 0.405 e. The smallest absolute Gasteiger partial charge is 0.335 e. The van der Waals surface area contributed by atoms with E-state index in [1.165, 1.54) is 6.42 Å². The van der Waals surface area contributed by atoms with Gasteiger partial charge in [0.2, 0.25) is 0 Å². The number of nitrogens with one attached hydrogen (secondary N) is 1. The Balaban J connectivity index is 1.89. The second kappa shape index (κ2) is 3.84. The molecule has 2 fully saturated rings. The molecule has 0 aromatic heterocycles. The number of hydrogen-bond acceptors (Lipinski definition) is 5. The van der Waals surface area contributed by atoms with Crippen LogP contribution in [0, 0.1) is 11.8 Å². The van der Waals surface area contributed by atoms with Crippen molar-refractivity contribution in [1.82, 2.24) is 5.32 Å². The number of rotatable bonds is 0. The van der Waals surface area contributed by atoms with E-state index in [-0.39, 0.29) is 5.92 Å². The van der Waals surface area contributed by atoms with Crippen LogP contribution in [-0.2, 0) is 19.1 Å². The topological polar surface area (TPSA) is 64.6 Å². The summed E-state index contributed by atoms with van der Waals surface area (Å²) in [4.78, 5) is 23.0. The molecule has 5 nitrogen and oxygen atoms in total. The number of carbonyl (C=O) groups is 2. The number of fused-ring (bicyclic) bond motifs is 2. The van der Waals surface area contributed by atoms with Gasteiger partial charge in [-0.2, -0.15) is 0 Å². The van der Waals surface area contributed by atoms with E-state index in [0.717, 1.165) is 38.0 Å². The molecule has 1 spiro atoms. The van der Waals surface area contributed by atoms with Crippen LogP contribution in [0.5, 0.6) is 0 Å². The van der Waals surface area contributed by atoms with E-state index in [1.807, 2.05) is 0 Å². The summed E-state index contributed by atoms with van der Waals surface area (Å²) in [5, 5.41) is 3.09. The zero-order valence-electron chi connectivity index (χ0n) is 9.48. The Morgan fingerprint density at radius 2 is 1.76 bits per heavy atom. The summed E-state index contributed by atoms with van der Waals surface area (Å²) in [6, 6.07) is 0. The quantitative estimate of drug-likeness (QED) is 0.628. The van der Waals surface area contributed by atoms with E-state index in [4.69, 9.17) is 9.47 Å². The summed E-state index contributed by atoms with van der Waals surface area (Å²) in [5.74, 6) is -1.74. The van der Waals surface area contributed by atoms with Crippen molar-refractivity contribution >= 4 is 11.9 Å². The van der Waals surface area contributed by atoms with Crippen molar-refractivity contribution in [2.24, 2.45) is 11.8 Å². The number of carbonyl (C=O) groups excluding carboxylic acids is 2. The summed E-state index contributed by atoms with van der Waals surface area (Å²) in [5.41, 5.74) is 0. The monoisotopic (exact) mass is 237 g/mol. The molecule has 0 aromatic carbocycles. The van der Waals surface area contributed by atoms with E-state index in [9.17, 15) is 9.59 Å². The maximum Gasteiger partial charge on any atom is 0.335 e. The Morgan fingerprint density at radius 1 is 1.12 bits per heavy atom. The third kappa shape index (κ3) is 1.74. The predicted octanol–water partition coefficient (Wildman–Crippen LogP) is 0.706. The van der Waals surface area contributed by atoms with Gasteiger partial charge in [-0.05, 0) is 18.8 Å². The van der Waals surface area contributed by atoms with Crippen molar-refractivity contribution in [3.05, 3.63) is 12.2 Å². The molecule has 0 aromatic rings.